The number of rotatable bonds is 6. The molecule has 4 aromatic rings. The Kier molecular flexibility index (Phi) is 6.04. The Labute approximate surface area is 190 Å². The summed E-state index contributed by atoms with van der Waals surface area (Å²) < 4.78 is 2.74. The largest absolute Gasteiger partial charge is 0.493 e. The number of halogens is 1. The van der Waals surface area contributed by atoms with Crippen LogP contribution in [0.25, 0.3) is 11.7 Å². The zero-order valence-corrected chi connectivity index (χ0v) is 19.1. The Morgan fingerprint density at radius 3 is 2.87 bits per heavy atom. The lowest BCUT2D eigenvalue weighted by molar-refractivity contribution is 0.418. The van der Waals surface area contributed by atoms with E-state index in [4.69, 9.17) is 4.98 Å². The van der Waals surface area contributed by atoms with Crippen LogP contribution in [0.4, 0.5) is 11.5 Å². The van der Waals surface area contributed by atoms with Crippen molar-refractivity contribution < 1.29 is 5.11 Å². The maximum Gasteiger partial charge on any atom is 0.326 e. The van der Waals surface area contributed by atoms with Crippen molar-refractivity contribution in [2.75, 3.05) is 32.5 Å². The third-order valence-electron chi connectivity index (χ3n) is 4.43. The molecular weight excluding hydrogens is 511 g/mol. The molecule has 0 atom stereocenters. The number of nitrogens with one attached hydrogen (secondary N) is 3. The van der Waals surface area contributed by atoms with Gasteiger partial charge >= 0.3 is 5.69 Å². The van der Waals surface area contributed by atoms with E-state index in [9.17, 15) is 9.90 Å². The van der Waals surface area contributed by atoms with Crippen LogP contribution in [0.5, 0.6) is 5.88 Å². The summed E-state index contributed by atoms with van der Waals surface area (Å²) in [6, 6.07) is 9.80. The molecule has 0 aliphatic heterocycles. The van der Waals surface area contributed by atoms with Crippen molar-refractivity contribution in [3.63, 3.8) is 0 Å². The fraction of sp³-hybridized carbons (Fsp3) is 0.200. The first-order chi connectivity index (χ1) is 14.9. The minimum Gasteiger partial charge on any atom is -0.493 e. The first-order valence-electron chi connectivity index (χ1n) is 9.48. The van der Waals surface area contributed by atoms with Gasteiger partial charge in [0, 0.05) is 27.1 Å². The van der Waals surface area contributed by atoms with Crippen molar-refractivity contribution >= 4 is 45.8 Å². The molecule has 0 spiro atoms. The molecule has 0 aliphatic rings. The van der Waals surface area contributed by atoms with E-state index in [2.05, 4.69) is 52.9 Å². The fourth-order valence-corrected chi connectivity index (χ4v) is 3.51. The molecule has 0 saturated heterocycles. The van der Waals surface area contributed by atoms with Crippen LogP contribution in [0.15, 0.2) is 46.3 Å². The van der Waals surface area contributed by atoms with Crippen molar-refractivity contribution in [1.29, 1.82) is 0 Å². The van der Waals surface area contributed by atoms with Gasteiger partial charge in [0.05, 0.1) is 12.7 Å². The van der Waals surface area contributed by atoms with Gasteiger partial charge in [-0.2, -0.15) is 9.61 Å². The molecule has 0 bridgehead atoms. The monoisotopic (exact) mass is 532 g/mol. The number of H-pyrrole nitrogens is 2. The van der Waals surface area contributed by atoms with Crippen LogP contribution in [-0.4, -0.2) is 61.8 Å². The molecule has 10 nitrogen and oxygen atoms in total. The van der Waals surface area contributed by atoms with Gasteiger partial charge in [-0.05, 0) is 61.0 Å². The van der Waals surface area contributed by atoms with Gasteiger partial charge in [0.25, 0.3) is 0 Å². The van der Waals surface area contributed by atoms with Crippen LogP contribution in [-0.2, 0) is 0 Å². The van der Waals surface area contributed by atoms with Crippen LogP contribution in [0, 0.1) is 3.57 Å². The van der Waals surface area contributed by atoms with Gasteiger partial charge in [-0.3, -0.25) is 9.98 Å². The van der Waals surface area contributed by atoms with E-state index in [0.717, 1.165) is 15.8 Å². The number of fused-ring (bicyclic) bond motifs is 1. The molecule has 0 amide bonds. The smallest absolute Gasteiger partial charge is 0.326 e. The molecule has 0 aliphatic carbocycles. The maximum absolute atomic E-state index is 11.5. The highest BCUT2D eigenvalue weighted by atomic mass is 127. The molecule has 3 aromatic heterocycles. The molecule has 11 heteroatoms. The molecule has 0 saturated carbocycles. The van der Waals surface area contributed by atoms with E-state index in [1.807, 2.05) is 44.4 Å². The van der Waals surface area contributed by atoms with E-state index in [0.29, 0.717) is 28.7 Å². The average Bonchev–Trinajstić information content (AvgIpc) is 3.24. The third kappa shape index (κ3) is 4.94. The Morgan fingerprint density at radius 2 is 2.16 bits per heavy atom. The SMILES string of the molecule is CN(C)CCN=c1cc(Nc2cccc(I)c2)nc2c(=Cc3[nH]c(=O)[nH]c3O)cnn12. The summed E-state index contributed by atoms with van der Waals surface area (Å²) in [5.74, 6) is 0.369. The number of aromatic amines is 2. The molecule has 0 radical (unpaired) electrons. The number of aromatic nitrogens is 5. The quantitative estimate of drug-likeness (QED) is 0.273. The van der Waals surface area contributed by atoms with Crippen LogP contribution in [0.1, 0.15) is 5.69 Å². The van der Waals surface area contributed by atoms with E-state index in [1.54, 1.807) is 16.8 Å². The summed E-state index contributed by atoms with van der Waals surface area (Å²) in [5, 5.41) is 18.3. The van der Waals surface area contributed by atoms with Crippen LogP contribution in [0.2, 0.25) is 0 Å². The zero-order valence-electron chi connectivity index (χ0n) is 16.9. The van der Waals surface area contributed by atoms with Gasteiger partial charge in [-0.25, -0.2) is 9.78 Å². The molecule has 1 aromatic carbocycles. The number of aromatic hydroxyl groups is 1. The second-order valence-electron chi connectivity index (χ2n) is 7.14. The predicted octanol–water partition coefficient (Wildman–Crippen LogP) is 0.809. The van der Waals surface area contributed by atoms with Crippen molar-refractivity contribution in [3.8, 4) is 5.88 Å². The Bertz CT molecular complexity index is 1400. The zero-order chi connectivity index (χ0) is 22.0. The second kappa shape index (κ2) is 8.89. The highest BCUT2D eigenvalue weighted by Gasteiger charge is 2.08. The standard InChI is InChI=1S/C20H21IN8O2/c1-28(2)7-6-22-17-10-16(24-14-5-3-4-13(21)9-14)26-18-12(11-23-29(17)18)8-15-19(30)27-20(31)25-15/h3-5,8-11,24,30H,6-7H2,1-2H3,(H2,25,27,31). The number of anilines is 2. The summed E-state index contributed by atoms with van der Waals surface area (Å²) in [5.41, 5.74) is 1.85. The van der Waals surface area contributed by atoms with Crippen molar-refractivity contribution in [3.05, 3.63) is 67.0 Å². The lowest BCUT2D eigenvalue weighted by atomic mass is 10.3. The van der Waals surface area contributed by atoms with Gasteiger partial charge in [0.2, 0.25) is 5.88 Å². The number of hydrogen-bond donors (Lipinski definition) is 4. The predicted molar refractivity (Wildman–Crippen MR) is 126 cm³/mol. The van der Waals surface area contributed by atoms with Crippen molar-refractivity contribution in [2.24, 2.45) is 4.99 Å². The minimum absolute atomic E-state index is 0.242. The molecular formula is C20H21IN8O2. The molecule has 0 unspecified atom stereocenters. The topological polar surface area (TPSA) is 127 Å². The summed E-state index contributed by atoms with van der Waals surface area (Å²) in [4.78, 5) is 27.7. The molecule has 160 valence electrons. The molecule has 0 fully saturated rings. The van der Waals surface area contributed by atoms with E-state index in [-0.39, 0.29) is 11.6 Å². The Balaban J connectivity index is 1.86. The van der Waals surface area contributed by atoms with Gasteiger partial charge in [0.15, 0.2) is 11.1 Å². The summed E-state index contributed by atoms with van der Waals surface area (Å²) in [7, 11) is 3.99. The van der Waals surface area contributed by atoms with Crippen LogP contribution in [0.3, 0.4) is 0 Å². The van der Waals surface area contributed by atoms with E-state index >= 15 is 0 Å². The second-order valence-corrected chi connectivity index (χ2v) is 8.39. The van der Waals surface area contributed by atoms with Crippen LogP contribution >= 0.6 is 22.6 Å². The average molecular weight is 532 g/mol. The van der Waals surface area contributed by atoms with Crippen LogP contribution < -0.4 is 21.7 Å². The van der Waals surface area contributed by atoms with Crippen molar-refractivity contribution in [1.82, 2.24) is 29.5 Å². The third-order valence-corrected chi connectivity index (χ3v) is 5.10. The normalized spacial score (nSPS) is 12.9. The maximum atomic E-state index is 11.5. The molecule has 31 heavy (non-hydrogen) atoms. The highest BCUT2D eigenvalue weighted by molar-refractivity contribution is 14.1. The van der Waals surface area contributed by atoms with Gasteiger partial charge in [-0.1, -0.05) is 6.07 Å². The highest BCUT2D eigenvalue weighted by Crippen LogP contribution is 2.16. The number of imidazole rings is 1. The number of hydrogen-bond acceptors (Lipinski definition) is 7. The van der Waals surface area contributed by atoms with Crippen molar-refractivity contribution in [2.45, 2.75) is 0 Å². The fourth-order valence-electron chi connectivity index (χ4n) is 2.97. The first-order valence-corrected chi connectivity index (χ1v) is 10.6. The molecule has 4 rings (SSSR count). The Morgan fingerprint density at radius 1 is 1.32 bits per heavy atom. The van der Waals surface area contributed by atoms with Gasteiger partial charge in [0.1, 0.15) is 11.5 Å². The number of nitrogens with zero attached hydrogens (tertiary/aromatic N) is 5. The van der Waals surface area contributed by atoms with Gasteiger partial charge in [-0.15, -0.1) is 0 Å². The lowest BCUT2D eigenvalue weighted by Gasteiger charge is -2.08. The summed E-state index contributed by atoms with van der Waals surface area (Å²) >= 11 is 2.26. The van der Waals surface area contributed by atoms with E-state index in [1.165, 1.54) is 0 Å². The lowest BCUT2D eigenvalue weighted by Crippen LogP contribution is -2.22. The number of benzene rings is 1. The Hall–Kier alpha value is -3.19. The van der Waals surface area contributed by atoms with E-state index < -0.39 is 5.69 Å². The van der Waals surface area contributed by atoms with Gasteiger partial charge < -0.3 is 20.3 Å². The summed E-state index contributed by atoms with van der Waals surface area (Å²) in [6.45, 7) is 1.39. The molecule has 3 heterocycles. The summed E-state index contributed by atoms with van der Waals surface area (Å²) in [6.07, 6.45) is 3.23. The minimum atomic E-state index is -0.492. The number of likely N-dealkylation sites (N-methyl/N-ethyl adjacent to an activating group) is 1. The molecule has 4 N–H and O–H groups in total. The first kappa shape index (κ1) is 21.1.